The van der Waals surface area contributed by atoms with Gasteiger partial charge >= 0.3 is 0 Å². The molecule has 1 heterocycles. The Labute approximate surface area is 133 Å². The third-order valence-corrected chi connectivity index (χ3v) is 4.48. The van der Waals surface area contributed by atoms with Crippen LogP contribution < -0.4 is 0 Å². The SMILES string of the molecule is Cc1cc(C)cc(-c2nc3cc(C)cc(C)c3c(C)c2C)c1. The molecule has 1 heteroatoms. The lowest BCUT2D eigenvalue weighted by Crippen LogP contribution is -1.97. The molecule has 2 aromatic carbocycles. The number of fused-ring (bicyclic) bond motifs is 1. The first-order chi connectivity index (χ1) is 10.4. The van der Waals surface area contributed by atoms with E-state index in [2.05, 4.69) is 71.9 Å². The van der Waals surface area contributed by atoms with Crippen LogP contribution in [0.25, 0.3) is 22.2 Å². The van der Waals surface area contributed by atoms with E-state index in [4.69, 9.17) is 4.98 Å². The normalized spacial score (nSPS) is 11.2. The molecule has 0 aliphatic heterocycles. The molecule has 0 aliphatic rings. The summed E-state index contributed by atoms with van der Waals surface area (Å²) in [4.78, 5) is 5.01. The minimum atomic E-state index is 1.11. The predicted octanol–water partition coefficient (Wildman–Crippen LogP) is 5.75. The summed E-state index contributed by atoms with van der Waals surface area (Å²) >= 11 is 0. The standard InChI is InChI=1S/C21H23N/c1-12-7-13(2)10-18(9-12)21-17(6)16(5)20-15(4)8-14(3)11-19(20)22-21/h7-11H,1-6H3. The van der Waals surface area contributed by atoms with E-state index in [1.807, 2.05) is 0 Å². The van der Waals surface area contributed by atoms with Crippen LogP contribution in [0.5, 0.6) is 0 Å². The van der Waals surface area contributed by atoms with Gasteiger partial charge in [0, 0.05) is 10.9 Å². The highest BCUT2D eigenvalue weighted by Crippen LogP contribution is 2.32. The summed E-state index contributed by atoms with van der Waals surface area (Å²) in [5.74, 6) is 0. The van der Waals surface area contributed by atoms with Crippen molar-refractivity contribution in [2.24, 2.45) is 0 Å². The molecule has 0 saturated carbocycles. The van der Waals surface area contributed by atoms with E-state index in [1.54, 1.807) is 0 Å². The number of rotatable bonds is 1. The van der Waals surface area contributed by atoms with Gasteiger partial charge in [0.1, 0.15) is 0 Å². The number of aromatic nitrogens is 1. The van der Waals surface area contributed by atoms with Crippen molar-refractivity contribution >= 4 is 10.9 Å². The van der Waals surface area contributed by atoms with Crippen LogP contribution in [0.3, 0.4) is 0 Å². The molecule has 0 fully saturated rings. The van der Waals surface area contributed by atoms with Crippen molar-refractivity contribution in [3.8, 4) is 11.3 Å². The molecule has 0 spiro atoms. The summed E-state index contributed by atoms with van der Waals surface area (Å²) in [6.07, 6.45) is 0. The maximum atomic E-state index is 5.01. The van der Waals surface area contributed by atoms with Crippen molar-refractivity contribution in [2.75, 3.05) is 0 Å². The maximum absolute atomic E-state index is 5.01. The first-order valence-electron chi connectivity index (χ1n) is 7.83. The Morgan fingerprint density at radius 1 is 0.636 bits per heavy atom. The Morgan fingerprint density at radius 2 is 1.23 bits per heavy atom. The number of aryl methyl sites for hydroxylation is 5. The predicted molar refractivity (Wildman–Crippen MR) is 95.6 cm³/mol. The summed E-state index contributed by atoms with van der Waals surface area (Å²) in [6, 6.07) is 11.1. The third kappa shape index (κ3) is 2.41. The molecule has 1 aromatic heterocycles. The summed E-state index contributed by atoms with van der Waals surface area (Å²) in [7, 11) is 0. The minimum Gasteiger partial charge on any atom is -0.247 e. The fourth-order valence-electron chi connectivity index (χ4n) is 3.48. The molecule has 112 valence electrons. The maximum Gasteiger partial charge on any atom is 0.0741 e. The van der Waals surface area contributed by atoms with Gasteiger partial charge < -0.3 is 0 Å². The highest BCUT2D eigenvalue weighted by atomic mass is 14.7. The average molecular weight is 289 g/mol. The fourth-order valence-corrected chi connectivity index (χ4v) is 3.48. The summed E-state index contributed by atoms with van der Waals surface area (Å²) in [6.45, 7) is 13.0. The summed E-state index contributed by atoms with van der Waals surface area (Å²) < 4.78 is 0. The largest absolute Gasteiger partial charge is 0.247 e. The first-order valence-corrected chi connectivity index (χ1v) is 7.83. The van der Waals surface area contributed by atoms with E-state index >= 15 is 0 Å². The molecule has 0 unspecified atom stereocenters. The monoisotopic (exact) mass is 289 g/mol. The van der Waals surface area contributed by atoms with Crippen LogP contribution in [0.4, 0.5) is 0 Å². The Hall–Kier alpha value is -2.15. The lowest BCUT2D eigenvalue weighted by Gasteiger charge is -2.15. The average Bonchev–Trinajstić information content (AvgIpc) is 2.40. The van der Waals surface area contributed by atoms with Gasteiger partial charge in [-0.15, -0.1) is 0 Å². The molecular weight excluding hydrogens is 266 g/mol. The van der Waals surface area contributed by atoms with Crippen LogP contribution in [-0.4, -0.2) is 4.98 Å². The van der Waals surface area contributed by atoms with Gasteiger partial charge in [-0.3, -0.25) is 0 Å². The van der Waals surface area contributed by atoms with Gasteiger partial charge in [0.2, 0.25) is 0 Å². The molecule has 1 nitrogen and oxygen atoms in total. The molecule has 0 amide bonds. The van der Waals surface area contributed by atoms with E-state index < -0.39 is 0 Å². The lowest BCUT2D eigenvalue weighted by molar-refractivity contribution is 1.25. The Morgan fingerprint density at radius 3 is 1.86 bits per heavy atom. The van der Waals surface area contributed by atoms with E-state index in [1.165, 1.54) is 44.3 Å². The van der Waals surface area contributed by atoms with Crippen LogP contribution >= 0.6 is 0 Å². The molecule has 0 atom stereocenters. The second kappa shape index (κ2) is 5.24. The second-order valence-electron chi connectivity index (χ2n) is 6.56. The van der Waals surface area contributed by atoms with Crippen molar-refractivity contribution in [3.63, 3.8) is 0 Å². The van der Waals surface area contributed by atoms with Gasteiger partial charge in [-0.2, -0.15) is 0 Å². The summed E-state index contributed by atoms with van der Waals surface area (Å²) in [5, 5.41) is 1.30. The minimum absolute atomic E-state index is 1.11. The van der Waals surface area contributed by atoms with Crippen molar-refractivity contribution in [1.82, 2.24) is 4.98 Å². The number of pyridine rings is 1. The van der Waals surface area contributed by atoms with E-state index in [0.29, 0.717) is 0 Å². The Balaban J connectivity index is 2.38. The van der Waals surface area contributed by atoms with E-state index in [0.717, 1.165) is 11.2 Å². The highest BCUT2D eigenvalue weighted by Gasteiger charge is 2.13. The molecular formula is C21H23N. The van der Waals surface area contributed by atoms with Gasteiger partial charge in [-0.1, -0.05) is 23.3 Å². The summed E-state index contributed by atoms with van der Waals surface area (Å²) in [5.41, 5.74) is 11.2. The molecule has 0 N–H and O–H groups in total. The quantitative estimate of drug-likeness (QED) is 0.555. The number of nitrogens with zero attached hydrogens (tertiary/aromatic N) is 1. The van der Waals surface area contributed by atoms with Crippen LogP contribution in [0.1, 0.15) is 33.4 Å². The first kappa shape index (κ1) is 14.8. The molecule has 0 radical (unpaired) electrons. The van der Waals surface area contributed by atoms with Crippen molar-refractivity contribution < 1.29 is 0 Å². The zero-order valence-electron chi connectivity index (χ0n) is 14.3. The van der Waals surface area contributed by atoms with Crippen LogP contribution in [0.15, 0.2) is 30.3 Å². The molecule has 22 heavy (non-hydrogen) atoms. The zero-order valence-corrected chi connectivity index (χ0v) is 14.3. The number of benzene rings is 2. The van der Waals surface area contributed by atoms with E-state index in [9.17, 15) is 0 Å². The number of hydrogen-bond acceptors (Lipinski definition) is 1. The van der Waals surface area contributed by atoms with Crippen molar-refractivity contribution in [1.29, 1.82) is 0 Å². The van der Waals surface area contributed by atoms with Crippen LogP contribution in [0, 0.1) is 41.5 Å². The third-order valence-electron chi connectivity index (χ3n) is 4.48. The van der Waals surface area contributed by atoms with Crippen molar-refractivity contribution in [3.05, 3.63) is 63.7 Å². The molecule has 0 bridgehead atoms. The lowest BCUT2D eigenvalue weighted by atomic mass is 9.94. The number of hydrogen-bond donors (Lipinski definition) is 0. The molecule has 3 rings (SSSR count). The van der Waals surface area contributed by atoms with Crippen molar-refractivity contribution in [2.45, 2.75) is 41.5 Å². The second-order valence-corrected chi connectivity index (χ2v) is 6.56. The Kier molecular flexibility index (Phi) is 3.52. The molecule has 0 aliphatic carbocycles. The zero-order chi connectivity index (χ0) is 16.0. The van der Waals surface area contributed by atoms with Gasteiger partial charge in [0.25, 0.3) is 0 Å². The molecule has 0 saturated heterocycles. The van der Waals surface area contributed by atoms with Crippen LogP contribution in [-0.2, 0) is 0 Å². The van der Waals surface area contributed by atoms with Gasteiger partial charge in [-0.05, 0) is 82.0 Å². The van der Waals surface area contributed by atoms with Gasteiger partial charge in [-0.25, -0.2) is 4.98 Å². The van der Waals surface area contributed by atoms with Crippen LogP contribution in [0.2, 0.25) is 0 Å². The van der Waals surface area contributed by atoms with Gasteiger partial charge in [0.05, 0.1) is 11.2 Å². The highest BCUT2D eigenvalue weighted by molar-refractivity contribution is 5.90. The Bertz CT molecular complexity index is 868. The van der Waals surface area contributed by atoms with Gasteiger partial charge in [0.15, 0.2) is 0 Å². The van der Waals surface area contributed by atoms with E-state index in [-0.39, 0.29) is 0 Å². The topological polar surface area (TPSA) is 12.9 Å². The fraction of sp³-hybridized carbons (Fsp3) is 0.286. The smallest absolute Gasteiger partial charge is 0.0741 e. The molecule has 3 aromatic rings.